The highest BCUT2D eigenvalue weighted by atomic mass is 16.5. The number of aryl methyl sites for hydroxylation is 1. The summed E-state index contributed by atoms with van der Waals surface area (Å²) in [5, 5.41) is 10.1. The molecule has 0 aromatic heterocycles. The van der Waals surface area contributed by atoms with Crippen LogP contribution in [0.1, 0.15) is 30.5 Å². The molecule has 0 bridgehead atoms. The number of aliphatic hydroxyl groups is 1. The Bertz CT molecular complexity index is 475. The van der Waals surface area contributed by atoms with Crippen LogP contribution in [0.15, 0.2) is 24.3 Å². The van der Waals surface area contributed by atoms with Crippen LogP contribution in [0.5, 0.6) is 0 Å². The quantitative estimate of drug-likeness (QED) is 0.858. The minimum atomic E-state index is -0.427. The molecule has 0 unspecified atom stereocenters. The summed E-state index contributed by atoms with van der Waals surface area (Å²) in [6.07, 6.45) is 0.500. The predicted octanol–water partition coefficient (Wildman–Crippen LogP) is 1.91. The average Bonchev–Trinajstić information content (AvgIpc) is 2.44. The van der Waals surface area contributed by atoms with Gasteiger partial charge in [0.25, 0.3) is 0 Å². The molecule has 1 N–H and O–H groups in total. The minimum absolute atomic E-state index is 0.263. The first kappa shape index (κ1) is 15.0. The standard InChI is InChI=1S/C16H23NO3/c1-11-6-4-5-7-13(11)15(16(19)20-3)17-9-8-12(2)14(18)10-17/h4-7,12,14-15,18H,8-10H2,1-3H3/t12-,14+,15+/m1/s1. The van der Waals surface area contributed by atoms with E-state index < -0.39 is 6.04 Å². The molecular weight excluding hydrogens is 254 g/mol. The van der Waals surface area contributed by atoms with E-state index in [1.807, 2.05) is 43.0 Å². The molecule has 0 spiro atoms. The molecule has 3 atom stereocenters. The zero-order valence-electron chi connectivity index (χ0n) is 12.4. The Kier molecular flexibility index (Phi) is 4.78. The topological polar surface area (TPSA) is 49.8 Å². The number of β-amino-alcohol motifs (C(OH)–C–C–N with tert-alkyl or cyclic N) is 1. The third-order valence-corrected chi connectivity index (χ3v) is 4.22. The van der Waals surface area contributed by atoms with Crippen LogP contribution in [0, 0.1) is 12.8 Å². The molecule has 110 valence electrons. The Morgan fingerprint density at radius 1 is 1.45 bits per heavy atom. The van der Waals surface area contributed by atoms with Crippen molar-refractivity contribution in [2.75, 3.05) is 20.2 Å². The monoisotopic (exact) mass is 277 g/mol. The van der Waals surface area contributed by atoms with Gasteiger partial charge in [0, 0.05) is 6.54 Å². The molecule has 1 aromatic rings. The van der Waals surface area contributed by atoms with Gasteiger partial charge in [-0.1, -0.05) is 31.2 Å². The second-order valence-corrected chi connectivity index (χ2v) is 5.61. The van der Waals surface area contributed by atoms with Crippen molar-refractivity contribution in [2.45, 2.75) is 32.4 Å². The lowest BCUT2D eigenvalue weighted by molar-refractivity contribution is -0.149. The van der Waals surface area contributed by atoms with Crippen molar-refractivity contribution in [1.82, 2.24) is 4.90 Å². The number of esters is 1. The second kappa shape index (κ2) is 6.37. The molecule has 20 heavy (non-hydrogen) atoms. The van der Waals surface area contributed by atoms with Crippen LogP contribution in [0.4, 0.5) is 0 Å². The zero-order chi connectivity index (χ0) is 14.7. The number of carbonyl (C=O) groups excluding carboxylic acids is 1. The van der Waals surface area contributed by atoms with Gasteiger partial charge >= 0.3 is 5.97 Å². The fourth-order valence-electron chi connectivity index (χ4n) is 2.79. The van der Waals surface area contributed by atoms with Crippen molar-refractivity contribution in [3.05, 3.63) is 35.4 Å². The number of rotatable bonds is 3. The fourth-order valence-corrected chi connectivity index (χ4v) is 2.79. The molecule has 2 rings (SSSR count). The molecular formula is C16H23NO3. The normalized spacial score (nSPS) is 25.2. The highest BCUT2D eigenvalue weighted by Gasteiger charge is 2.34. The highest BCUT2D eigenvalue weighted by Crippen LogP contribution is 2.29. The number of nitrogens with zero attached hydrogens (tertiary/aromatic N) is 1. The van der Waals surface area contributed by atoms with E-state index in [9.17, 15) is 9.90 Å². The Hall–Kier alpha value is -1.39. The van der Waals surface area contributed by atoms with Gasteiger partial charge in [0.2, 0.25) is 0 Å². The van der Waals surface area contributed by atoms with Crippen molar-refractivity contribution < 1.29 is 14.6 Å². The van der Waals surface area contributed by atoms with Crippen LogP contribution in [0.3, 0.4) is 0 Å². The molecule has 1 heterocycles. The van der Waals surface area contributed by atoms with Gasteiger partial charge in [-0.2, -0.15) is 0 Å². The molecule has 1 fully saturated rings. The first-order valence-electron chi connectivity index (χ1n) is 7.10. The van der Waals surface area contributed by atoms with Crippen molar-refractivity contribution >= 4 is 5.97 Å². The number of hydrogen-bond donors (Lipinski definition) is 1. The summed E-state index contributed by atoms with van der Waals surface area (Å²) < 4.78 is 4.97. The number of methoxy groups -OCH3 is 1. The number of carbonyl (C=O) groups is 1. The van der Waals surface area contributed by atoms with Gasteiger partial charge in [0.1, 0.15) is 6.04 Å². The lowest BCUT2D eigenvalue weighted by Crippen LogP contribution is -2.47. The first-order valence-corrected chi connectivity index (χ1v) is 7.10. The Labute approximate surface area is 120 Å². The van der Waals surface area contributed by atoms with Crippen LogP contribution < -0.4 is 0 Å². The number of piperidine rings is 1. The fraction of sp³-hybridized carbons (Fsp3) is 0.562. The summed E-state index contributed by atoms with van der Waals surface area (Å²) >= 11 is 0. The van der Waals surface area contributed by atoms with Crippen molar-refractivity contribution in [1.29, 1.82) is 0 Å². The summed E-state index contributed by atoms with van der Waals surface area (Å²) in [4.78, 5) is 14.2. The number of benzene rings is 1. The summed E-state index contributed by atoms with van der Waals surface area (Å²) in [5.41, 5.74) is 2.03. The maximum absolute atomic E-state index is 12.2. The SMILES string of the molecule is COC(=O)[C@H](c1ccccc1C)N1CC[C@@H](C)[C@@H](O)C1. The average molecular weight is 277 g/mol. The summed E-state index contributed by atoms with van der Waals surface area (Å²) in [6.45, 7) is 5.35. The zero-order valence-corrected chi connectivity index (χ0v) is 12.4. The molecule has 0 amide bonds. The van der Waals surface area contributed by atoms with E-state index in [2.05, 4.69) is 0 Å². The van der Waals surface area contributed by atoms with E-state index in [0.29, 0.717) is 6.54 Å². The molecule has 1 saturated heterocycles. The molecule has 1 aliphatic heterocycles. The van der Waals surface area contributed by atoms with Crippen LogP contribution in [-0.2, 0) is 9.53 Å². The lowest BCUT2D eigenvalue weighted by atomic mass is 9.92. The summed E-state index contributed by atoms with van der Waals surface area (Å²) in [7, 11) is 1.41. The van der Waals surface area contributed by atoms with Gasteiger partial charge in [-0.05, 0) is 36.9 Å². The molecule has 0 radical (unpaired) electrons. The second-order valence-electron chi connectivity index (χ2n) is 5.61. The molecule has 0 saturated carbocycles. The number of ether oxygens (including phenoxy) is 1. The maximum atomic E-state index is 12.2. The smallest absolute Gasteiger partial charge is 0.327 e. The van der Waals surface area contributed by atoms with Gasteiger partial charge in [-0.15, -0.1) is 0 Å². The van der Waals surface area contributed by atoms with E-state index in [1.54, 1.807) is 0 Å². The predicted molar refractivity (Wildman–Crippen MR) is 77.3 cm³/mol. The van der Waals surface area contributed by atoms with E-state index in [4.69, 9.17) is 4.74 Å². The van der Waals surface area contributed by atoms with Crippen molar-refractivity contribution in [2.24, 2.45) is 5.92 Å². The van der Waals surface area contributed by atoms with Gasteiger partial charge in [0.15, 0.2) is 0 Å². The number of hydrogen-bond acceptors (Lipinski definition) is 4. The van der Waals surface area contributed by atoms with E-state index in [-0.39, 0.29) is 18.0 Å². The van der Waals surface area contributed by atoms with E-state index in [0.717, 1.165) is 24.1 Å². The lowest BCUT2D eigenvalue weighted by Gasteiger charge is -2.38. The molecule has 0 aliphatic carbocycles. The van der Waals surface area contributed by atoms with Gasteiger partial charge in [-0.3, -0.25) is 4.90 Å². The van der Waals surface area contributed by atoms with Crippen LogP contribution in [0.25, 0.3) is 0 Å². The van der Waals surface area contributed by atoms with Crippen LogP contribution in [-0.4, -0.2) is 42.3 Å². The van der Waals surface area contributed by atoms with Crippen LogP contribution in [0.2, 0.25) is 0 Å². The largest absolute Gasteiger partial charge is 0.468 e. The molecule has 1 aromatic carbocycles. The molecule has 4 heteroatoms. The van der Waals surface area contributed by atoms with Gasteiger partial charge in [0.05, 0.1) is 13.2 Å². The number of aliphatic hydroxyl groups excluding tert-OH is 1. The highest BCUT2D eigenvalue weighted by molar-refractivity contribution is 5.78. The number of likely N-dealkylation sites (tertiary alicyclic amines) is 1. The third kappa shape index (κ3) is 3.02. The van der Waals surface area contributed by atoms with Crippen molar-refractivity contribution in [3.8, 4) is 0 Å². The Balaban J connectivity index is 2.29. The van der Waals surface area contributed by atoms with Crippen molar-refractivity contribution in [3.63, 3.8) is 0 Å². The summed E-state index contributed by atoms with van der Waals surface area (Å²) in [5.74, 6) is 0.0162. The van der Waals surface area contributed by atoms with Gasteiger partial charge < -0.3 is 9.84 Å². The molecule has 1 aliphatic rings. The third-order valence-electron chi connectivity index (χ3n) is 4.22. The maximum Gasteiger partial charge on any atom is 0.327 e. The minimum Gasteiger partial charge on any atom is -0.468 e. The first-order chi connectivity index (χ1) is 9.54. The van der Waals surface area contributed by atoms with Gasteiger partial charge in [-0.25, -0.2) is 4.79 Å². The Morgan fingerprint density at radius 3 is 2.75 bits per heavy atom. The summed E-state index contributed by atoms with van der Waals surface area (Å²) in [6, 6.07) is 7.42. The Morgan fingerprint density at radius 2 is 2.15 bits per heavy atom. The van der Waals surface area contributed by atoms with Crippen LogP contribution >= 0.6 is 0 Å². The molecule has 4 nitrogen and oxygen atoms in total. The van der Waals surface area contributed by atoms with E-state index in [1.165, 1.54) is 7.11 Å². The van der Waals surface area contributed by atoms with E-state index >= 15 is 0 Å².